The quantitative estimate of drug-likeness (QED) is 0.0671. The fourth-order valence-electron chi connectivity index (χ4n) is 11.6. The Hall–Kier alpha value is -12.2. The van der Waals surface area contributed by atoms with Crippen molar-refractivity contribution in [2.45, 2.75) is 49.0 Å². The summed E-state index contributed by atoms with van der Waals surface area (Å²) in [5.74, 6) is -40.4. The highest BCUT2D eigenvalue weighted by Crippen LogP contribution is 2.64. The Kier molecular flexibility index (Phi) is 12.1. The van der Waals surface area contributed by atoms with Crippen LogP contribution in [0, 0.1) is 0 Å². The van der Waals surface area contributed by atoms with E-state index in [1.54, 1.807) is 0 Å². The molecule has 31 nitrogen and oxygen atoms in total. The van der Waals surface area contributed by atoms with Crippen molar-refractivity contribution in [3.05, 3.63) is 92.5 Å². The van der Waals surface area contributed by atoms with Gasteiger partial charge >= 0.3 is 29.8 Å². The highest BCUT2D eigenvalue weighted by molar-refractivity contribution is 6.17. The fourth-order valence-corrected chi connectivity index (χ4v) is 11.6. The summed E-state index contributed by atoms with van der Waals surface area (Å²) in [5.41, 5.74) is -17.4. The van der Waals surface area contributed by atoms with Crippen molar-refractivity contribution in [1.29, 1.82) is 0 Å². The number of benzene rings is 7. The number of cyclic esters (lactones) is 1. The van der Waals surface area contributed by atoms with E-state index in [1.807, 2.05) is 0 Å². The molecule has 87 heavy (non-hydrogen) atoms. The Morgan fingerprint density at radius 2 is 0.805 bits per heavy atom. The van der Waals surface area contributed by atoms with Gasteiger partial charge in [-0.1, -0.05) is 6.07 Å². The van der Waals surface area contributed by atoms with E-state index in [2.05, 4.69) is 0 Å². The van der Waals surface area contributed by atoms with Crippen molar-refractivity contribution in [3.8, 4) is 148 Å². The first-order chi connectivity index (χ1) is 41.0. The van der Waals surface area contributed by atoms with Crippen molar-refractivity contribution >= 4 is 29.8 Å². The molecule has 0 fully saturated rings. The standard InChI is InChI=1S/C56H38O31/c57-15-2-1-10(3-16(15)58)48-21(63)4-11-22(83-48)8-17(59)27(35(11)64)32-31-34-30(44(73)47(76)45(31)74)29-33-28(42(71)46(75)43(29)72)26-14(7-20(62)38(67)41(26)70)53(78)84-23-9-82-52(77)12-5-18(60)36(65)39(68)24(12)25-13(6-19(61)37(66)40(25)69)54(79)85-49(23)51(87-56(33)81)50(32)86-55(34)80/h1-3,5-8,21,23,32,48-51,57-76H,4,9H2/t21-,23+,32+,48-,49+,50+,51-/m1/s1. The number of hydrogen-bond acceptors (Lipinski definition) is 31. The van der Waals surface area contributed by atoms with E-state index in [0.717, 1.165) is 18.2 Å². The predicted molar refractivity (Wildman–Crippen MR) is 276 cm³/mol. The predicted octanol–water partition coefficient (Wildman–Crippen LogP) is 3.28. The minimum atomic E-state index is -3.01. The first kappa shape index (κ1) is 55.4. The first-order valence-electron chi connectivity index (χ1n) is 25.0. The Balaban J connectivity index is 1.21. The van der Waals surface area contributed by atoms with Gasteiger partial charge in [0.15, 0.2) is 93.4 Å². The molecule has 0 saturated carbocycles. The van der Waals surface area contributed by atoms with E-state index in [1.165, 1.54) is 6.07 Å². The van der Waals surface area contributed by atoms with Gasteiger partial charge in [-0.25, -0.2) is 24.0 Å². The van der Waals surface area contributed by atoms with Gasteiger partial charge in [0.2, 0.25) is 28.7 Å². The smallest absolute Gasteiger partial charge is 0.340 e. The highest BCUT2D eigenvalue weighted by Gasteiger charge is 2.57. The van der Waals surface area contributed by atoms with Crippen LogP contribution in [0.15, 0.2) is 42.5 Å². The Morgan fingerprint density at radius 1 is 0.345 bits per heavy atom. The lowest BCUT2D eigenvalue weighted by atomic mass is 9.73. The summed E-state index contributed by atoms with van der Waals surface area (Å²) in [5, 5.41) is 228. The van der Waals surface area contributed by atoms with Crippen LogP contribution in [0.1, 0.15) is 86.1 Å². The van der Waals surface area contributed by atoms with Gasteiger partial charge in [-0.2, -0.15) is 0 Å². The van der Waals surface area contributed by atoms with Crippen LogP contribution in [0.25, 0.3) is 33.4 Å². The summed E-state index contributed by atoms with van der Waals surface area (Å²) < 4.78 is 35.3. The van der Waals surface area contributed by atoms with E-state index >= 15 is 19.2 Å². The molecular formula is C56H38O31. The largest absolute Gasteiger partial charge is 0.507 e. The number of aromatic hydroxyl groups is 19. The van der Waals surface area contributed by atoms with E-state index in [0.29, 0.717) is 12.1 Å². The third kappa shape index (κ3) is 7.75. The molecule has 0 unspecified atom stereocenters. The van der Waals surface area contributed by atoms with Gasteiger partial charge in [-0.3, -0.25) is 0 Å². The number of rotatable bonds is 2. The third-order valence-corrected chi connectivity index (χ3v) is 15.5. The second-order valence-electron chi connectivity index (χ2n) is 20.2. The van der Waals surface area contributed by atoms with Gasteiger partial charge in [0.05, 0.1) is 39.8 Å². The summed E-state index contributed by atoms with van der Waals surface area (Å²) in [7, 11) is 0. The molecule has 0 aliphatic carbocycles. The number of phenolic OH excluding ortho intramolecular Hbond substituents is 19. The monoisotopic (exact) mass is 1210 g/mol. The molecule has 0 radical (unpaired) electrons. The zero-order valence-corrected chi connectivity index (χ0v) is 42.9. The zero-order valence-electron chi connectivity index (χ0n) is 42.9. The van der Waals surface area contributed by atoms with E-state index in [-0.39, 0.29) is 11.6 Å². The first-order valence-corrected chi connectivity index (χ1v) is 25.0. The van der Waals surface area contributed by atoms with Crippen LogP contribution < -0.4 is 4.74 Å². The molecular weight excluding hydrogens is 1170 g/mol. The molecule has 0 spiro atoms. The lowest BCUT2D eigenvalue weighted by Gasteiger charge is -2.43. The summed E-state index contributed by atoms with van der Waals surface area (Å²) in [6, 6.07) is 5.01. The number of phenols is 19. The maximum absolute atomic E-state index is 15.8. The lowest BCUT2D eigenvalue weighted by Crippen LogP contribution is -2.56. The van der Waals surface area contributed by atoms with Gasteiger partial charge in [-0.15, -0.1) is 0 Å². The topological polar surface area (TPSA) is 545 Å². The molecule has 6 aliphatic heterocycles. The van der Waals surface area contributed by atoms with Crippen molar-refractivity contribution in [3.63, 3.8) is 0 Å². The maximum atomic E-state index is 15.8. The van der Waals surface area contributed by atoms with Crippen molar-refractivity contribution in [1.82, 2.24) is 0 Å². The molecule has 7 aromatic carbocycles. The maximum Gasteiger partial charge on any atom is 0.340 e. The minimum absolute atomic E-state index is 0.0205. The average Bonchev–Trinajstić information content (AvgIpc) is 1.33. The number of ether oxygens (including phenoxy) is 6. The molecule has 0 aromatic heterocycles. The van der Waals surface area contributed by atoms with Crippen LogP contribution >= 0.6 is 0 Å². The molecule has 20 N–H and O–H groups in total. The van der Waals surface area contributed by atoms with Crippen molar-refractivity contribution in [2.24, 2.45) is 0 Å². The highest BCUT2D eigenvalue weighted by atomic mass is 16.6. The van der Waals surface area contributed by atoms with E-state index < -0.39 is 278 Å². The Labute approximate surface area is 479 Å². The molecule has 7 aromatic rings. The van der Waals surface area contributed by atoms with Crippen molar-refractivity contribution in [2.75, 3.05) is 6.61 Å². The summed E-state index contributed by atoms with van der Waals surface area (Å²) in [6.07, 6.45) is -15.4. The van der Waals surface area contributed by atoms with Gasteiger partial charge in [0.25, 0.3) is 0 Å². The molecule has 0 amide bonds. The molecule has 31 heteroatoms. The molecule has 13 rings (SSSR count). The molecule has 6 bridgehead atoms. The third-order valence-electron chi connectivity index (χ3n) is 15.5. The SMILES string of the molecule is O=C1OC[C@@H]2OC(=O)c3cc(O)c(O)c(O)c3-c3c(O)c(O)c(O)c4c3C(=O)O[C@H]([C@H]2OC(=O)c2cc(O)c(O)c(O)c2-c2c1cc(O)c(O)c2O)[C@H]1OC(=O)c2c-4c(O)c(O)c(O)c2[C@@H]1c1c(O)cc2c(c1O)C[C@@H](O)[C@@H](c1ccc(O)c(O)c1)O2. The molecule has 6 aliphatic rings. The number of hydrogen-bond donors (Lipinski definition) is 20. The summed E-state index contributed by atoms with van der Waals surface area (Å²) >= 11 is 0. The van der Waals surface area contributed by atoms with Gasteiger partial charge in [-0.05, 0) is 35.9 Å². The second kappa shape index (κ2) is 18.9. The summed E-state index contributed by atoms with van der Waals surface area (Å²) in [6.45, 7) is -1.63. The van der Waals surface area contributed by atoms with Gasteiger partial charge in [0, 0.05) is 62.6 Å². The van der Waals surface area contributed by atoms with Crippen LogP contribution in [-0.2, 0) is 30.1 Å². The average molecular weight is 1210 g/mol. The fraction of sp³-hybridized carbons (Fsp3) is 0.161. The van der Waals surface area contributed by atoms with Crippen LogP contribution in [0.2, 0.25) is 0 Å². The number of carbonyl (C=O) groups is 5. The number of fused-ring (bicyclic) bond motifs is 8. The van der Waals surface area contributed by atoms with Crippen LogP contribution in [0.4, 0.5) is 0 Å². The molecule has 7 atom stereocenters. The Bertz CT molecular complexity index is 4350. The van der Waals surface area contributed by atoms with E-state index in [9.17, 15) is 107 Å². The van der Waals surface area contributed by atoms with Gasteiger partial charge in [0.1, 0.15) is 30.0 Å². The number of aliphatic hydroxyl groups excluding tert-OH is 1. The lowest BCUT2D eigenvalue weighted by molar-refractivity contribution is -0.135. The number of aliphatic hydroxyl groups is 1. The molecule has 448 valence electrons. The zero-order chi connectivity index (χ0) is 62.7. The minimum Gasteiger partial charge on any atom is -0.507 e. The number of carbonyl (C=O) groups excluding carboxylic acids is 5. The van der Waals surface area contributed by atoms with E-state index in [4.69, 9.17) is 28.4 Å². The summed E-state index contributed by atoms with van der Waals surface area (Å²) in [4.78, 5) is 75.8. The number of esters is 5. The second-order valence-corrected chi connectivity index (χ2v) is 20.2. The van der Waals surface area contributed by atoms with Crippen molar-refractivity contribution < 1.29 is 155 Å². The van der Waals surface area contributed by atoms with Crippen LogP contribution in [-0.4, -0.2) is 169 Å². The Morgan fingerprint density at radius 3 is 1.37 bits per heavy atom. The molecule has 6 heterocycles. The molecule has 0 saturated heterocycles. The van der Waals surface area contributed by atoms with Crippen LogP contribution in [0.3, 0.4) is 0 Å². The van der Waals surface area contributed by atoms with Gasteiger partial charge < -0.3 is 131 Å². The normalized spacial score (nSPS) is 20.9. The van der Waals surface area contributed by atoms with Crippen LogP contribution in [0.5, 0.6) is 115 Å².